The van der Waals surface area contributed by atoms with Gasteiger partial charge in [-0.1, -0.05) is 33.6 Å². The van der Waals surface area contributed by atoms with Crippen LogP contribution in [0.2, 0.25) is 5.02 Å². The van der Waals surface area contributed by atoms with E-state index in [0.717, 1.165) is 28.1 Å². The molecule has 5 heteroatoms. The predicted octanol–water partition coefficient (Wildman–Crippen LogP) is 3.43. The zero-order valence-corrected chi connectivity index (χ0v) is 11.4. The van der Waals surface area contributed by atoms with Crippen LogP contribution in [-0.4, -0.2) is 14.8 Å². The van der Waals surface area contributed by atoms with Gasteiger partial charge in [0.25, 0.3) is 0 Å². The van der Waals surface area contributed by atoms with Crippen LogP contribution in [0.25, 0.3) is 5.82 Å². The molecule has 0 radical (unpaired) electrons. The molecule has 2 heterocycles. The standard InChI is InChI=1S/C11H11BrClN3/c1-7-10(13)8(2)16(15-7)11-9(6-12)4-3-5-14-11/h3-5H,6H2,1-2H3. The second-order valence-corrected chi connectivity index (χ2v) is 4.46. The molecule has 0 bridgehead atoms. The SMILES string of the molecule is Cc1nn(-c2ncccc2CBr)c(C)c1Cl. The molecule has 0 aliphatic heterocycles. The van der Waals surface area contributed by atoms with Crippen molar-refractivity contribution >= 4 is 27.5 Å². The van der Waals surface area contributed by atoms with Crippen LogP contribution >= 0.6 is 27.5 Å². The highest BCUT2D eigenvalue weighted by atomic mass is 79.9. The third-order valence-electron chi connectivity index (χ3n) is 2.42. The van der Waals surface area contributed by atoms with Crippen molar-refractivity contribution in [2.24, 2.45) is 0 Å². The van der Waals surface area contributed by atoms with Gasteiger partial charge in [0.2, 0.25) is 0 Å². The topological polar surface area (TPSA) is 30.7 Å². The lowest BCUT2D eigenvalue weighted by Crippen LogP contribution is -2.05. The summed E-state index contributed by atoms with van der Waals surface area (Å²) in [6.07, 6.45) is 1.76. The Morgan fingerprint density at radius 1 is 1.44 bits per heavy atom. The average molecular weight is 301 g/mol. The first-order chi connectivity index (χ1) is 7.65. The van der Waals surface area contributed by atoms with E-state index in [9.17, 15) is 0 Å². The van der Waals surface area contributed by atoms with Crippen molar-refractivity contribution in [1.29, 1.82) is 0 Å². The first-order valence-corrected chi connectivity index (χ1v) is 6.37. The first-order valence-electron chi connectivity index (χ1n) is 4.87. The van der Waals surface area contributed by atoms with Crippen molar-refractivity contribution in [3.05, 3.63) is 40.3 Å². The van der Waals surface area contributed by atoms with Crippen molar-refractivity contribution in [3.63, 3.8) is 0 Å². The van der Waals surface area contributed by atoms with Crippen LogP contribution in [0, 0.1) is 13.8 Å². The van der Waals surface area contributed by atoms with Gasteiger partial charge in [0.1, 0.15) is 0 Å². The van der Waals surface area contributed by atoms with Gasteiger partial charge in [0.05, 0.1) is 16.4 Å². The number of hydrogen-bond donors (Lipinski definition) is 0. The van der Waals surface area contributed by atoms with Crippen molar-refractivity contribution in [2.45, 2.75) is 19.2 Å². The summed E-state index contributed by atoms with van der Waals surface area (Å²) in [7, 11) is 0. The lowest BCUT2D eigenvalue weighted by Gasteiger charge is -2.07. The predicted molar refractivity (Wildman–Crippen MR) is 68.5 cm³/mol. The molecule has 0 aliphatic carbocycles. The molecule has 0 spiro atoms. The van der Waals surface area contributed by atoms with E-state index in [1.165, 1.54) is 0 Å². The van der Waals surface area contributed by atoms with E-state index < -0.39 is 0 Å². The highest BCUT2D eigenvalue weighted by molar-refractivity contribution is 9.08. The maximum atomic E-state index is 6.12. The van der Waals surface area contributed by atoms with Crippen LogP contribution in [0.1, 0.15) is 17.0 Å². The summed E-state index contributed by atoms with van der Waals surface area (Å²) in [4.78, 5) is 4.35. The van der Waals surface area contributed by atoms with Crippen LogP contribution in [0.15, 0.2) is 18.3 Å². The number of alkyl halides is 1. The van der Waals surface area contributed by atoms with Gasteiger partial charge >= 0.3 is 0 Å². The van der Waals surface area contributed by atoms with Gasteiger partial charge in [-0.15, -0.1) is 0 Å². The van der Waals surface area contributed by atoms with E-state index >= 15 is 0 Å². The van der Waals surface area contributed by atoms with Crippen molar-refractivity contribution in [1.82, 2.24) is 14.8 Å². The molecule has 2 aromatic rings. The van der Waals surface area contributed by atoms with Crippen molar-refractivity contribution < 1.29 is 0 Å². The van der Waals surface area contributed by atoms with Gasteiger partial charge < -0.3 is 0 Å². The fourth-order valence-corrected chi connectivity index (χ4v) is 2.11. The smallest absolute Gasteiger partial charge is 0.157 e. The average Bonchev–Trinajstić information content (AvgIpc) is 2.57. The largest absolute Gasteiger partial charge is 0.237 e. The Kier molecular flexibility index (Phi) is 3.30. The summed E-state index contributed by atoms with van der Waals surface area (Å²) < 4.78 is 1.79. The van der Waals surface area contributed by atoms with Crippen LogP contribution < -0.4 is 0 Å². The molecule has 0 fully saturated rings. The summed E-state index contributed by atoms with van der Waals surface area (Å²) in [6, 6.07) is 3.93. The van der Waals surface area contributed by atoms with Crippen LogP contribution in [0.5, 0.6) is 0 Å². The van der Waals surface area contributed by atoms with Crippen LogP contribution in [0.4, 0.5) is 0 Å². The number of aromatic nitrogens is 3. The third-order valence-corrected chi connectivity index (χ3v) is 3.57. The van der Waals surface area contributed by atoms with Gasteiger partial charge in [-0.2, -0.15) is 5.10 Å². The maximum Gasteiger partial charge on any atom is 0.157 e. The fourth-order valence-electron chi connectivity index (χ4n) is 1.56. The zero-order valence-electron chi connectivity index (χ0n) is 9.04. The molecule has 2 aromatic heterocycles. The summed E-state index contributed by atoms with van der Waals surface area (Å²) in [5.74, 6) is 0.826. The number of hydrogen-bond acceptors (Lipinski definition) is 2. The Morgan fingerprint density at radius 3 is 2.75 bits per heavy atom. The molecular formula is C11H11BrClN3. The molecule has 0 saturated heterocycles. The Bertz CT molecular complexity index is 522. The molecule has 0 saturated carbocycles. The normalized spacial score (nSPS) is 10.8. The molecule has 0 unspecified atom stereocenters. The Morgan fingerprint density at radius 2 is 2.19 bits per heavy atom. The molecule has 0 N–H and O–H groups in total. The molecule has 3 nitrogen and oxygen atoms in total. The Balaban J connectivity index is 2.63. The number of halogens is 2. The minimum absolute atomic E-state index is 0.700. The van der Waals surface area contributed by atoms with Crippen LogP contribution in [-0.2, 0) is 5.33 Å². The van der Waals surface area contributed by atoms with E-state index in [0.29, 0.717) is 5.02 Å². The lowest BCUT2D eigenvalue weighted by molar-refractivity contribution is 0.798. The van der Waals surface area contributed by atoms with E-state index in [1.807, 2.05) is 26.0 Å². The summed E-state index contributed by atoms with van der Waals surface area (Å²) in [5.41, 5.74) is 2.83. The highest BCUT2D eigenvalue weighted by Gasteiger charge is 2.13. The molecule has 0 aliphatic rings. The van der Waals surface area contributed by atoms with E-state index in [2.05, 4.69) is 26.0 Å². The number of rotatable bonds is 2. The second kappa shape index (κ2) is 4.55. The lowest BCUT2D eigenvalue weighted by atomic mass is 10.3. The van der Waals surface area contributed by atoms with Gasteiger partial charge in [0, 0.05) is 17.1 Å². The molecular weight excluding hydrogens is 289 g/mol. The maximum absolute atomic E-state index is 6.12. The van der Waals surface area contributed by atoms with Crippen LogP contribution in [0.3, 0.4) is 0 Å². The van der Waals surface area contributed by atoms with Gasteiger partial charge in [-0.05, 0) is 19.9 Å². The molecule has 0 atom stereocenters. The molecule has 2 rings (SSSR count). The first kappa shape index (κ1) is 11.6. The van der Waals surface area contributed by atoms with E-state index in [4.69, 9.17) is 11.6 Å². The molecule has 84 valence electrons. The number of nitrogens with zero attached hydrogens (tertiary/aromatic N) is 3. The monoisotopic (exact) mass is 299 g/mol. The minimum Gasteiger partial charge on any atom is -0.237 e. The van der Waals surface area contributed by atoms with Crippen molar-refractivity contribution in [2.75, 3.05) is 0 Å². The Labute approximate surface area is 108 Å². The fraction of sp³-hybridized carbons (Fsp3) is 0.273. The number of pyridine rings is 1. The van der Waals surface area contributed by atoms with Gasteiger partial charge in [0.15, 0.2) is 5.82 Å². The van der Waals surface area contributed by atoms with Crippen molar-refractivity contribution in [3.8, 4) is 5.82 Å². The number of aryl methyl sites for hydroxylation is 1. The Hall–Kier alpha value is -0.870. The second-order valence-electron chi connectivity index (χ2n) is 3.52. The van der Waals surface area contributed by atoms with E-state index in [-0.39, 0.29) is 0 Å². The molecule has 0 amide bonds. The van der Waals surface area contributed by atoms with Gasteiger partial charge in [-0.3, -0.25) is 0 Å². The molecule has 16 heavy (non-hydrogen) atoms. The zero-order chi connectivity index (χ0) is 11.7. The van der Waals surface area contributed by atoms with Gasteiger partial charge in [-0.25, -0.2) is 9.67 Å². The molecule has 0 aromatic carbocycles. The quantitative estimate of drug-likeness (QED) is 0.796. The summed E-state index contributed by atoms with van der Waals surface area (Å²) >= 11 is 9.56. The van der Waals surface area contributed by atoms with E-state index in [1.54, 1.807) is 10.9 Å². The highest BCUT2D eigenvalue weighted by Crippen LogP contribution is 2.23. The minimum atomic E-state index is 0.700. The summed E-state index contributed by atoms with van der Waals surface area (Å²) in [6.45, 7) is 3.83. The summed E-state index contributed by atoms with van der Waals surface area (Å²) in [5, 5.41) is 5.83. The third kappa shape index (κ3) is 1.87.